The van der Waals surface area contributed by atoms with Gasteiger partial charge >= 0.3 is 12.1 Å². The molecule has 1 aromatic heterocycles. The fourth-order valence-electron chi connectivity index (χ4n) is 2.57. The second kappa shape index (κ2) is 5.83. The molecule has 1 aliphatic heterocycles. The van der Waals surface area contributed by atoms with Gasteiger partial charge in [-0.25, -0.2) is 4.98 Å². The van der Waals surface area contributed by atoms with Crippen LogP contribution in [0.4, 0.5) is 18.9 Å². The number of aromatic nitrogens is 1. The quantitative estimate of drug-likeness (QED) is 0.854. The van der Waals surface area contributed by atoms with Crippen molar-refractivity contribution in [1.82, 2.24) is 9.88 Å². The van der Waals surface area contributed by atoms with Gasteiger partial charge in [0.2, 0.25) is 5.88 Å². The van der Waals surface area contributed by atoms with Crippen molar-refractivity contribution in [1.29, 1.82) is 0 Å². The zero-order valence-corrected chi connectivity index (χ0v) is 12.8. The van der Waals surface area contributed by atoms with Crippen LogP contribution in [0.15, 0.2) is 0 Å². The second-order valence-electron chi connectivity index (χ2n) is 5.11. The van der Waals surface area contributed by atoms with E-state index in [1.54, 1.807) is 6.92 Å². The van der Waals surface area contributed by atoms with Gasteiger partial charge < -0.3 is 15.4 Å². The number of halogens is 4. The molecule has 0 spiro atoms. The Balaban J connectivity index is 2.40. The number of ether oxygens (including phenoxy) is 1. The number of hydrogen-bond donors (Lipinski definition) is 1. The van der Waals surface area contributed by atoms with Crippen LogP contribution in [0.3, 0.4) is 0 Å². The summed E-state index contributed by atoms with van der Waals surface area (Å²) in [7, 11) is 1.38. The Morgan fingerprint density at radius 2 is 2.14 bits per heavy atom. The number of nitrogen functional groups attached to an aromatic ring is 1. The van der Waals surface area contributed by atoms with Gasteiger partial charge in [-0.15, -0.1) is 0 Å². The highest BCUT2D eigenvalue weighted by Gasteiger charge is 2.43. The molecule has 0 aliphatic carbocycles. The van der Waals surface area contributed by atoms with Gasteiger partial charge in [0.1, 0.15) is 5.69 Å². The van der Waals surface area contributed by atoms with Crippen LogP contribution < -0.4 is 10.5 Å². The molecule has 9 heteroatoms. The summed E-state index contributed by atoms with van der Waals surface area (Å²) < 4.78 is 42.8. The number of nitrogens with two attached hydrogens (primary N) is 1. The normalized spacial score (nSPS) is 18.6. The average Bonchev–Trinajstić information content (AvgIpc) is 2.60. The van der Waals surface area contributed by atoms with Gasteiger partial charge in [-0.05, 0) is 5.56 Å². The third kappa shape index (κ3) is 2.92. The fourth-order valence-corrected chi connectivity index (χ4v) is 2.95. The van der Waals surface area contributed by atoms with Crippen molar-refractivity contribution in [2.24, 2.45) is 0 Å². The molecule has 0 fully saturated rings. The number of anilines is 1. The van der Waals surface area contributed by atoms with E-state index in [1.807, 2.05) is 0 Å². The first-order chi connectivity index (χ1) is 10.2. The first-order valence-electron chi connectivity index (χ1n) is 6.54. The predicted octanol–water partition coefficient (Wildman–Crippen LogP) is 2.38. The van der Waals surface area contributed by atoms with E-state index in [9.17, 15) is 18.0 Å². The number of hydrogen-bond acceptors (Lipinski definition) is 4. The molecule has 1 aliphatic rings. The number of amides is 1. The number of nitrogens with zero attached hydrogens (tertiary/aromatic N) is 2. The Hall–Kier alpha value is -1.70. The second-order valence-corrected chi connectivity index (χ2v) is 5.49. The molecular formula is C13H15ClF3N3O2. The van der Waals surface area contributed by atoms with Crippen LogP contribution in [-0.4, -0.2) is 42.2 Å². The number of carbonyl (C=O) groups excluding carboxylic acids is 1. The highest BCUT2D eigenvalue weighted by Crippen LogP contribution is 2.39. The largest absolute Gasteiger partial charge is 0.479 e. The number of carbonyl (C=O) groups is 1. The SMILES string of the molecule is COc1nc2c(c(Cl)c1N)C(C)CN(C(=O)C(F)(F)F)CC2. The topological polar surface area (TPSA) is 68.5 Å². The highest BCUT2D eigenvalue weighted by atomic mass is 35.5. The summed E-state index contributed by atoms with van der Waals surface area (Å²) in [5.41, 5.74) is 7.03. The molecule has 0 aromatic carbocycles. The predicted molar refractivity (Wildman–Crippen MR) is 75.0 cm³/mol. The van der Waals surface area contributed by atoms with Crippen molar-refractivity contribution < 1.29 is 22.7 Å². The Labute approximate surface area is 130 Å². The molecule has 0 radical (unpaired) electrons. The van der Waals surface area contributed by atoms with Crippen molar-refractivity contribution in [2.75, 3.05) is 25.9 Å². The molecule has 1 unspecified atom stereocenters. The number of pyridine rings is 1. The lowest BCUT2D eigenvalue weighted by atomic mass is 9.98. The molecule has 2 N–H and O–H groups in total. The molecule has 122 valence electrons. The van der Waals surface area contributed by atoms with E-state index < -0.39 is 18.0 Å². The summed E-state index contributed by atoms with van der Waals surface area (Å²) in [6, 6.07) is 0. The van der Waals surface area contributed by atoms with E-state index in [0.717, 1.165) is 4.90 Å². The van der Waals surface area contributed by atoms with Crippen molar-refractivity contribution in [3.8, 4) is 5.88 Å². The minimum Gasteiger partial charge on any atom is -0.479 e. The third-order valence-corrected chi connectivity index (χ3v) is 3.99. The van der Waals surface area contributed by atoms with Gasteiger partial charge in [-0.1, -0.05) is 18.5 Å². The van der Waals surface area contributed by atoms with Gasteiger partial charge in [-0.2, -0.15) is 13.2 Å². The van der Waals surface area contributed by atoms with Gasteiger partial charge in [-0.3, -0.25) is 4.79 Å². The summed E-state index contributed by atoms with van der Waals surface area (Å²) >= 11 is 6.21. The smallest absolute Gasteiger partial charge is 0.471 e. The van der Waals surface area contributed by atoms with Gasteiger partial charge in [0, 0.05) is 25.4 Å². The molecule has 1 aromatic rings. The van der Waals surface area contributed by atoms with Crippen molar-refractivity contribution in [3.05, 3.63) is 16.3 Å². The highest BCUT2D eigenvalue weighted by molar-refractivity contribution is 6.34. The standard InChI is InChI=1S/C13H15ClF3N3O2/c1-6-5-20(12(21)13(15,16)17)4-3-7-8(6)9(14)10(18)11(19-7)22-2/h6H,3-5,18H2,1-2H3. The molecule has 0 saturated carbocycles. The minimum atomic E-state index is -4.90. The van der Waals surface area contributed by atoms with Crippen LogP contribution in [0.2, 0.25) is 5.02 Å². The fraction of sp³-hybridized carbons (Fsp3) is 0.538. The van der Waals surface area contributed by atoms with E-state index in [4.69, 9.17) is 22.1 Å². The van der Waals surface area contributed by atoms with Crippen LogP contribution in [0, 0.1) is 0 Å². The molecule has 22 heavy (non-hydrogen) atoms. The number of alkyl halides is 3. The van der Waals surface area contributed by atoms with Crippen LogP contribution >= 0.6 is 11.6 Å². The molecule has 0 bridgehead atoms. The zero-order valence-electron chi connectivity index (χ0n) is 12.0. The van der Waals surface area contributed by atoms with Gasteiger partial charge in [0.15, 0.2) is 0 Å². The van der Waals surface area contributed by atoms with E-state index in [1.165, 1.54) is 7.11 Å². The third-order valence-electron chi connectivity index (χ3n) is 3.58. The lowest BCUT2D eigenvalue weighted by Gasteiger charge is -2.24. The summed E-state index contributed by atoms with van der Waals surface area (Å²) in [5, 5.41) is 0.218. The summed E-state index contributed by atoms with van der Waals surface area (Å²) in [5.74, 6) is -2.15. The maximum atomic E-state index is 12.6. The molecule has 1 amide bonds. The molecule has 0 saturated heterocycles. The summed E-state index contributed by atoms with van der Waals surface area (Å²) in [6.07, 6.45) is -4.75. The number of fused-ring (bicyclic) bond motifs is 1. The van der Waals surface area contributed by atoms with Crippen LogP contribution in [0.5, 0.6) is 5.88 Å². The maximum absolute atomic E-state index is 12.6. The van der Waals surface area contributed by atoms with E-state index in [2.05, 4.69) is 4.98 Å². The Morgan fingerprint density at radius 3 is 2.68 bits per heavy atom. The molecule has 1 atom stereocenters. The zero-order chi connectivity index (χ0) is 16.7. The Morgan fingerprint density at radius 1 is 1.50 bits per heavy atom. The average molecular weight is 338 g/mol. The van der Waals surface area contributed by atoms with Crippen molar-refractivity contribution in [3.63, 3.8) is 0 Å². The monoisotopic (exact) mass is 337 g/mol. The number of rotatable bonds is 1. The van der Waals surface area contributed by atoms with Crippen LogP contribution in [0.25, 0.3) is 0 Å². The molecule has 2 heterocycles. The molecular weight excluding hydrogens is 323 g/mol. The van der Waals surface area contributed by atoms with E-state index >= 15 is 0 Å². The van der Waals surface area contributed by atoms with Crippen LogP contribution in [-0.2, 0) is 11.2 Å². The molecule has 2 rings (SSSR count). The summed E-state index contributed by atoms with van der Waals surface area (Å²) in [6.45, 7) is 1.49. The Bertz CT molecular complexity index is 607. The van der Waals surface area contributed by atoms with Gasteiger partial charge in [0.05, 0.1) is 17.8 Å². The first kappa shape index (κ1) is 16.7. The maximum Gasteiger partial charge on any atom is 0.471 e. The van der Waals surface area contributed by atoms with Crippen LogP contribution in [0.1, 0.15) is 24.1 Å². The van der Waals surface area contributed by atoms with Crippen molar-refractivity contribution in [2.45, 2.75) is 25.4 Å². The number of methoxy groups -OCH3 is 1. The van der Waals surface area contributed by atoms with E-state index in [0.29, 0.717) is 11.3 Å². The minimum absolute atomic E-state index is 0.0912. The van der Waals surface area contributed by atoms with Gasteiger partial charge in [0.25, 0.3) is 0 Å². The molecule has 5 nitrogen and oxygen atoms in total. The van der Waals surface area contributed by atoms with Crippen molar-refractivity contribution >= 4 is 23.2 Å². The lowest BCUT2D eigenvalue weighted by Crippen LogP contribution is -2.42. The van der Waals surface area contributed by atoms with E-state index in [-0.39, 0.29) is 36.1 Å². The summed E-state index contributed by atoms with van der Waals surface area (Å²) in [4.78, 5) is 16.4. The first-order valence-corrected chi connectivity index (χ1v) is 6.92. The Kier molecular flexibility index (Phi) is 4.42. The lowest BCUT2D eigenvalue weighted by molar-refractivity contribution is -0.185.